The fraction of sp³-hybridized carbons (Fsp3) is 0.214. The van der Waals surface area contributed by atoms with Gasteiger partial charge in [-0.1, -0.05) is 11.8 Å². The summed E-state index contributed by atoms with van der Waals surface area (Å²) in [4.78, 5) is 4.91. The molecule has 0 amide bonds. The van der Waals surface area contributed by atoms with E-state index in [-0.39, 0.29) is 0 Å². The van der Waals surface area contributed by atoms with Crippen molar-refractivity contribution in [3.05, 3.63) is 45.8 Å². The van der Waals surface area contributed by atoms with Crippen molar-refractivity contribution >= 4 is 23.1 Å². The molecule has 21 heavy (non-hydrogen) atoms. The zero-order valence-electron chi connectivity index (χ0n) is 10.8. The topological polar surface area (TPSA) is 38.9 Å². The number of nitrogens with zero attached hydrogens (tertiary/aromatic N) is 1. The highest BCUT2D eigenvalue weighted by Crippen LogP contribution is 2.30. The molecule has 110 valence electrons. The van der Waals surface area contributed by atoms with Gasteiger partial charge in [-0.2, -0.15) is 13.2 Å². The Morgan fingerprint density at radius 3 is 2.76 bits per heavy atom. The molecule has 0 spiro atoms. The molecule has 2 heterocycles. The molecule has 0 fully saturated rings. The Morgan fingerprint density at radius 1 is 1.33 bits per heavy atom. The minimum atomic E-state index is -4.35. The van der Waals surface area contributed by atoms with E-state index in [1.807, 2.05) is 11.4 Å². The molecule has 7 heteroatoms. The Hall–Kier alpha value is -1.49. The van der Waals surface area contributed by atoms with Crippen molar-refractivity contribution in [2.45, 2.75) is 17.0 Å². The van der Waals surface area contributed by atoms with Crippen LogP contribution in [-0.4, -0.2) is 11.5 Å². The minimum Gasteiger partial charge on any atom is -0.320 e. The summed E-state index contributed by atoms with van der Waals surface area (Å²) >= 11 is 2.94. The predicted octanol–water partition coefficient (Wildman–Crippen LogP) is 3.76. The number of pyridine rings is 1. The zero-order valence-corrected chi connectivity index (χ0v) is 12.4. The molecule has 2 nitrogen and oxygen atoms in total. The third kappa shape index (κ3) is 4.77. The summed E-state index contributed by atoms with van der Waals surface area (Å²) in [5.41, 5.74) is 5.47. The highest BCUT2D eigenvalue weighted by Gasteiger charge is 2.30. The maximum atomic E-state index is 12.4. The molecular formula is C14H11F3N2S2. The van der Waals surface area contributed by atoms with Crippen LogP contribution in [0.25, 0.3) is 0 Å². The summed E-state index contributed by atoms with van der Waals surface area (Å²) in [6, 6.07) is 4.38. The molecule has 0 aliphatic heterocycles. The molecule has 0 aliphatic rings. The van der Waals surface area contributed by atoms with Crippen LogP contribution < -0.4 is 5.73 Å². The summed E-state index contributed by atoms with van der Waals surface area (Å²) in [5, 5.41) is 2.49. The first-order valence-electron chi connectivity index (χ1n) is 5.91. The van der Waals surface area contributed by atoms with Crippen LogP contribution >= 0.6 is 23.1 Å². The van der Waals surface area contributed by atoms with Gasteiger partial charge in [0.1, 0.15) is 0 Å². The van der Waals surface area contributed by atoms with Crippen LogP contribution in [0.5, 0.6) is 0 Å². The molecule has 0 aromatic carbocycles. The van der Waals surface area contributed by atoms with Crippen LogP contribution in [0.1, 0.15) is 16.0 Å². The summed E-state index contributed by atoms with van der Waals surface area (Å²) in [5.74, 6) is 6.35. The zero-order chi connectivity index (χ0) is 15.3. The molecular weight excluding hydrogens is 317 g/mol. The lowest BCUT2D eigenvalue weighted by Crippen LogP contribution is -2.05. The van der Waals surface area contributed by atoms with Crippen molar-refractivity contribution in [1.82, 2.24) is 4.98 Å². The third-order valence-electron chi connectivity index (χ3n) is 2.41. The van der Waals surface area contributed by atoms with Crippen LogP contribution in [0.3, 0.4) is 0 Å². The van der Waals surface area contributed by atoms with Gasteiger partial charge in [-0.3, -0.25) is 0 Å². The second-order valence-electron chi connectivity index (χ2n) is 3.98. The van der Waals surface area contributed by atoms with Crippen LogP contribution in [0, 0.1) is 11.8 Å². The number of rotatable bonds is 3. The van der Waals surface area contributed by atoms with Gasteiger partial charge in [0.15, 0.2) is 0 Å². The lowest BCUT2D eigenvalue weighted by molar-refractivity contribution is -0.137. The summed E-state index contributed by atoms with van der Waals surface area (Å²) in [7, 11) is 0. The molecule has 0 radical (unpaired) electrons. The number of thiophene rings is 1. The van der Waals surface area contributed by atoms with Crippen molar-refractivity contribution in [3.8, 4) is 11.8 Å². The highest BCUT2D eigenvalue weighted by molar-refractivity contribution is 7.98. The van der Waals surface area contributed by atoms with Crippen molar-refractivity contribution < 1.29 is 13.2 Å². The van der Waals surface area contributed by atoms with Gasteiger partial charge in [-0.25, -0.2) is 4.98 Å². The number of alkyl halides is 3. The first-order valence-corrected chi connectivity index (χ1v) is 7.78. The summed E-state index contributed by atoms with van der Waals surface area (Å²) in [6.07, 6.45) is -3.49. The third-order valence-corrected chi connectivity index (χ3v) is 4.53. The molecule has 2 aromatic heterocycles. The largest absolute Gasteiger partial charge is 0.417 e. The summed E-state index contributed by atoms with van der Waals surface area (Å²) in [6.45, 7) is 0.315. The normalized spacial score (nSPS) is 11.0. The molecule has 0 saturated carbocycles. The molecule has 2 aromatic rings. The van der Waals surface area contributed by atoms with E-state index in [1.54, 1.807) is 11.3 Å². The van der Waals surface area contributed by atoms with Gasteiger partial charge in [-0.15, -0.1) is 23.1 Å². The smallest absolute Gasteiger partial charge is 0.320 e. The van der Waals surface area contributed by atoms with Crippen molar-refractivity contribution in [1.29, 1.82) is 0 Å². The molecule has 0 unspecified atom stereocenters. The summed E-state index contributed by atoms with van der Waals surface area (Å²) < 4.78 is 37.2. The number of aromatic nitrogens is 1. The minimum absolute atomic E-state index is 0.315. The van der Waals surface area contributed by atoms with E-state index in [2.05, 4.69) is 16.8 Å². The van der Waals surface area contributed by atoms with Crippen LogP contribution in [0.2, 0.25) is 0 Å². The fourth-order valence-electron chi connectivity index (χ4n) is 1.45. The van der Waals surface area contributed by atoms with Gasteiger partial charge in [0.2, 0.25) is 0 Å². The number of hydrogen-bond acceptors (Lipinski definition) is 4. The maximum absolute atomic E-state index is 12.4. The van der Waals surface area contributed by atoms with Crippen molar-refractivity contribution in [2.75, 3.05) is 6.54 Å². The first-order chi connectivity index (χ1) is 9.99. The SMILES string of the molecule is NCC#Cc1csc(CSc2ccc(C(F)(F)F)cn2)c1. The fourth-order valence-corrected chi connectivity index (χ4v) is 3.17. The van der Waals surface area contributed by atoms with Gasteiger partial charge >= 0.3 is 6.18 Å². The average Bonchev–Trinajstić information content (AvgIpc) is 2.90. The van der Waals surface area contributed by atoms with E-state index in [4.69, 9.17) is 5.73 Å². The number of hydrogen-bond donors (Lipinski definition) is 1. The van der Waals surface area contributed by atoms with Gasteiger partial charge in [0.05, 0.1) is 17.1 Å². The van der Waals surface area contributed by atoms with Gasteiger partial charge in [-0.05, 0) is 18.2 Å². The Kier molecular flexibility index (Phi) is 5.28. The first kappa shape index (κ1) is 15.9. The van der Waals surface area contributed by atoms with E-state index in [9.17, 15) is 13.2 Å². The van der Waals surface area contributed by atoms with Gasteiger partial charge < -0.3 is 5.73 Å². The second kappa shape index (κ2) is 6.98. The lowest BCUT2D eigenvalue weighted by Gasteiger charge is -2.06. The van der Waals surface area contributed by atoms with E-state index < -0.39 is 11.7 Å². The monoisotopic (exact) mass is 328 g/mol. The average molecular weight is 328 g/mol. The van der Waals surface area contributed by atoms with Crippen LogP contribution in [0.15, 0.2) is 34.8 Å². The number of halogens is 3. The van der Waals surface area contributed by atoms with Crippen LogP contribution in [-0.2, 0) is 11.9 Å². The number of nitrogens with two attached hydrogens (primary N) is 1. The van der Waals surface area contributed by atoms with E-state index in [0.717, 1.165) is 22.7 Å². The molecule has 0 saturated heterocycles. The Labute approximate surface area is 128 Å². The molecule has 0 atom stereocenters. The molecule has 2 rings (SSSR count). The van der Waals surface area contributed by atoms with Crippen LogP contribution in [0.4, 0.5) is 13.2 Å². The second-order valence-corrected chi connectivity index (χ2v) is 5.97. The van der Waals surface area contributed by atoms with Gasteiger partial charge in [0, 0.05) is 27.8 Å². The Morgan fingerprint density at radius 2 is 2.14 bits per heavy atom. The molecule has 2 N–H and O–H groups in total. The van der Waals surface area contributed by atoms with Gasteiger partial charge in [0.25, 0.3) is 0 Å². The quantitative estimate of drug-likeness (QED) is 0.689. The Bertz CT molecular complexity index is 651. The predicted molar refractivity (Wildman–Crippen MR) is 79.1 cm³/mol. The van der Waals surface area contributed by atoms with Crippen molar-refractivity contribution in [2.24, 2.45) is 5.73 Å². The highest BCUT2D eigenvalue weighted by atomic mass is 32.2. The maximum Gasteiger partial charge on any atom is 0.417 e. The van der Waals surface area contributed by atoms with E-state index >= 15 is 0 Å². The lowest BCUT2D eigenvalue weighted by atomic mass is 10.3. The Balaban J connectivity index is 1.95. The molecule has 0 aliphatic carbocycles. The van der Waals surface area contributed by atoms with Crippen molar-refractivity contribution in [3.63, 3.8) is 0 Å². The number of thioether (sulfide) groups is 1. The standard InChI is InChI=1S/C14H11F3N2S2/c15-14(16,17)11-3-4-13(19-7-11)21-9-12-6-10(8-20-12)2-1-5-18/h3-4,6-8H,5,9,18H2. The van der Waals surface area contributed by atoms with E-state index in [0.29, 0.717) is 17.3 Å². The van der Waals surface area contributed by atoms with E-state index in [1.165, 1.54) is 17.8 Å². The molecule has 0 bridgehead atoms.